The van der Waals surface area contributed by atoms with E-state index in [0.717, 1.165) is 0 Å². The van der Waals surface area contributed by atoms with E-state index >= 15 is 4.39 Å². The molecule has 164 valence electrons. The van der Waals surface area contributed by atoms with E-state index in [-0.39, 0.29) is 33.9 Å². The van der Waals surface area contributed by atoms with Crippen molar-refractivity contribution < 1.29 is 26.3 Å². The molecule has 0 spiro atoms. The van der Waals surface area contributed by atoms with Crippen LogP contribution in [0.5, 0.6) is 0 Å². The monoisotopic (exact) mass is 442 g/mol. The van der Waals surface area contributed by atoms with E-state index in [0.29, 0.717) is 10.4 Å². The summed E-state index contributed by atoms with van der Waals surface area (Å²) in [6.07, 6.45) is -0.694. The third-order valence-corrected chi connectivity index (χ3v) is 4.65. The predicted octanol–water partition coefficient (Wildman–Crippen LogP) is 4.81. The van der Waals surface area contributed by atoms with Crippen LogP contribution in [0.25, 0.3) is 22.4 Å². The minimum absolute atomic E-state index is 0.159. The maximum Gasteiger partial charge on any atom is 0.413 e. The van der Waals surface area contributed by atoms with Crippen molar-refractivity contribution in [2.24, 2.45) is 0 Å². The number of amides is 1. The average molecular weight is 443 g/mol. The van der Waals surface area contributed by atoms with Gasteiger partial charge in [-0.05, 0) is 32.9 Å². The summed E-state index contributed by atoms with van der Waals surface area (Å²) in [4.78, 5) is 22.0. The Balaban J connectivity index is 2.13. The Morgan fingerprint density at radius 1 is 1.19 bits per heavy atom. The SMILES string of the molecule is [2H]c1c([2H])c(F)c(C([2H])([2H])n2nc(-c3nc(C)c(N(C)C(=O)OC)c(C)n3)c3c([2H])c([2H])c([2H])c([2H])c32)c([2H])c1C. The van der Waals surface area contributed by atoms with Crippen molar-refractivity contribution in [3.63, 3.8) is 0 Å². The van der Waals surface area contributed by atoms with Crippen molar-refractivity contribution in [2.45, 2.75) is 27.3 Å². The molecule has 0 aliphatic carbocycles. The molecule has 0 aliphatic heterocycles. The Morgan fingerprint density at radius 3 is 2.56 bits per heavy atom. The van der Waals surface area contributed by atoms with E-state index in [9.17, 15) is 4.79 Å². The van der Waals surface area contributed by atoms with Crippen molar-refractivity contribution in [3.05, 3.63) is 70.6 Å². The van der Waals surface area contributed by atoms with Gasteiger partial charge in [-0.2, -0.15) is 5.10 Å². The normalized spacial score (nSPS) is 15.5. The Bertz CT molecular complexity index is 1730. The molecule has 0 saturated carbocycles. The second kappa shape index (κ2) is 8.37. The van der Waals surface area contributed by atoms with E-state index < -0.39 is 71.8 Å². The maximum absolute atomic E-state index is 15.3. The third kappa shape index (κ3) is 3.79. The first-order valence-electron chi connectivity index (χ1n) is 13.9. The number of carbonyl (C=O) groups excluding carboxylic acids is 1. The Hall–Kier alpha value is -3.81. The molecule has 1 amide bonds. The summed E-state index contributed by atoms with van der Waals surface area (Å²) in [5.41, 5.74) is -0.962. The van der Waals surface area contributed by atoms with Gasteiger partial charge in [-0.1, -0.05) is 35.8 Å². The molecule has 0 N–H and O–H groups in total. The van der Waals surface area contributed by atoms with Crippen molar-refractivity contribution in [1.29, 1.82) is 0 Å². The van der Waals surface area contributed by atoms with Gasteiger partial charge in [0.15, 0.2) is 5.82 Å². The van der Waals surface area contributed by atoms with Gasteiger partial charge < -0.3 is 4.74 Å². The van der Waals surface area contributed by atoms with Crippen LogP contribution in [-0.2, 0) is 11.2 Å². The number of fused-ring (bicyclic) bond motifs is 1. The molecule has 0 aliphatic rings. The Labute approximate surface area is 198 Å². The van der Waals surface area contributed by atoms with Crippen LogP contribution in [0.15, 0.2) is 42.3 Å². The highest BCUT2D eigenvalue weighted by atomic mass is 19.1. The molecular weight excluding hydrogens is 409 g/mol. The van der Waals surface area contributed by atoms with Crippen LogP contribution >= 0.6 is 0 Å². The quantitative estimate of drug-likeness (QED) is 0.454. The lowest BCUT2D eigenvalue weighted by Crippen LogP contribution is -2.28. The molecule has 2 heterocycles. The van der Waals surface area contributed by atoms with Crippen molar-refractivity contribution >= 4 is 22.7 Å². The number of benzene rings is 2. The number of hydrogen-bond acceptors (Lipinski definition) is 5. The van der Waals surface area contributed by atoms with Crippen LogP contribution in [0, 0.1) is 26.6 Å². The highest BCUT2D eigenvalue weighted by Gasteiger charge is 2.21. The predicted molar refractivity (Wildman–Crippen MR) is 121 cm³/mol. The standard InChI is InChI=1S/C24H24FN5O2/c1-14-10-11-19(25)17(12-14)13-30-20-9-7-6-8-18(20)21(28-30)23-26-15(2)22(16(3)27-23)29(4)24(31)32-5/h6-12H,13H2,1-5H3/i6D,7D,8D,9D,10D,11D,12D,13D2. The summed E-state index contributed by atoms with van der Waals surface area (Å²) in [5, 5.41) is 3.97. The van der Waals surface area contributed by atoms with Crippen LogP contribution in [0.1, 0.15) is 34.9 Å². The first-order valence-corrected chi connectivity index (χ1v) is 9.42. The fourth-order valence-corrected chi connectivity index (χ4v) is 3.27. The van der Waals surface area contributed by atoms with Crippen LogP contribution in [0.2, 0.25) is 0 Å². The second-order valence-corrected chi connectivity index (χ2v) is 6.88. The van der Waals surface area contributed by atoms with Crippen molar-refractivity contribution in [1.82, 2.24) is 19.7 Å². The van der Waals surface area contributed by atoms with Gasteiger partial charge in [0.1, 0.15) is 11.5 Å². The van der Waals surface area contributed by atoms with Crippen LogP contribution in [0.4, 0.5) is 14.9 Å². The Morgan fingerprint density at radius 2 is 1.88 bits per heavy atom. The number of aryl methyl sites for hydroxylation is 2. The minimum Gasteiger partial charge on any atom is -0.452 e. The van der Waals surface area contributed by atoms with Gasteiger partial charge in [-0.15, -0.1) is 0 Å². The number of para-hydroxylation sites is 1. The lowest BCUT2D eigenvalue weighted by molar-refractivity contribution is 0.180. The first kappa shape index (κ1) is 12.9. The largest absolute Gasteiger partial charge is 0.452 e. The molecule has 32 heavy (non-hydrogen) atoms. The zero-order valence-corrected chi connectivity index (χ0v) is 17.9. The number of halogens is 1. The van der Waals surface area contributed by atoms with E-state index in [4.69, 9.17) is 17.1 Å². The number of nitrogens with zero attached hydrogens (tertiary/aromatic N) is 5. The Kier molecular flexibility index (Phi) is 3.38. The van der Waals surface area contributed by atoms with E-state index in [2.05, 4.69) is 15.1 Å². The first-order chi connectivity index (χ1) is 19.0. The second-order valence-electron chi connectivity index (χ2n) is 6.88. The molecule has 0 fully saturated rings. The number of rotatable bonds is 4. The fourth-order valence-electron chi connectivity index (χ4n) is 3.27. The third-order valence-electron chi connectivity index (χ3n) is 4.65. The summed E-state index contributed by atoms with van der Waals surface area (Å²) >= 11 is 0. The number of carbonyl (C=O) groups is 1. The molecule has 0 saturated heterocycles. The molecule has 0 radical (unpaired) electrons. The molecule has 7 nitrogen and oxygen atoms in total. The topological polar surface area (TPSA) is 73.1 Å². The van der Waals surface area contributed by atoms with Gasteiger partial charge >= 0.3 is 6.09 Å². The summed E-state index contributed by atoms with van der Waals surface area (Å²) in [7, 11) is 2.64. The van der Waals surface area contributed by atoms with E-state index in [1.165, 1.54) is 26.0 Å². The highest BCUT2D eigenvalue weighted by molar-refractivity contribution is 5.92. The summed E-state index contributed by atoms with van der Waals surface area (Å²) in [6.45, 7) is 1.32. The van der Waals surface area contributed by atoms with Crippen LogP contribution in [-0.4, -0.2) is 40.0 Å². The molecule has 2 aromatic carbocycles. The molecule has 0 bridgehead atoms. The molecule has 4 rings (SSSR count). The molecular formula is C24H24FN5O2. The van der Waals surface area contributed by atoms with Gasteiger partial charge in [0.2, 0.25) is 0 Å². The lowest BCUT2D eigenvalue weighted by atomic mass is 10.1. The summed E-state index contributed by atoms with van der Waals surface area (Å²) in [5.74, 6) is -1.64. The number of anilines is 1. The smallest absolute Gasteiger partial charge is 0.413 e. The van der Waals surface area contributed by atoms with Crippen molar-refractivity contribution in [2.75, 3.05) is 19.1 Å². The zero-order valence-electron chi connectivity index (χ0n) is 26.9. The number of aromatic nitrogens is 4. The zero-order chi connectivity index (χ0) is 30.9. The van der Waals surface area contributed by atoms with Crippen molar-refractivity contribution in [3.8, 4) is 11.5 Å². The van der Waals surface area contributed by atoms with Gasteiger partial charge in [0.25, 0.3) is 0 Å². The summed E-state index contributed by atoms with van der Waals surface area (Å²) in [6, 6.07) is -4.84. The molecule has 8 heteroatoms. The fraction of sp³-hybridized carbons (Fsp3) is 0.250. The van der Waals surface area contributed by atoms with Gasteiger partial charge in [0, 0.05) is 18.0 Å². The van der Waals surface area contributed by atoms with Gasteiger partial charge in [-0.3, -0.25) is 9.58 Å². The number of ether oxygens (including phenoxy) is 1. The molecule has 4 aromatic rings. The molecule has 2 aromatic heterocycles. The minimum atomic E-state index is -3.07. The van der Waals surface area contributed by atoms with Gasteiger partial charge in [0.05, 0.1) is 48.5 Å². The van der Waals surface area contributed by atoms with Crippen LogP contribution < -0.4 is 4.90 Å². The summed E-state index contributed by atoms with van der Waals surface area (Å²) < 4.78 is 95.9. The number of hydrogen-bond donors (Lipinski definition) is 0. The average Bonchev–Trinajstić information content (AvgIpc) is 3.33. The molecule has 0 atom stereocenters. The number of methoxy groups -OCH3 is 1. The maximum atomic E-state index is 15.3. The van der Waals surface area contributed by atoms with Gasteiger partial charge in [-0.25, -0.2) is 19.2 Å². The van der Waals surface area contributed by atoms with Crippen LogP contribution in [0.3, 0.4) is 0 Å². The van der Waals surface area contributed by atoms with E-state index in [1.54, 1.807) is 13.8 Å². The lowest BCUT2D eigenvalue weighted by Gasteiger charge is -2.19. The highest BCUT2D eigenvalue weighted by Crippen LogP contribution is 2.30. The molecule has 0 unspecified atom stereocenters. The van der Waals surface area contributed by atoms with E-state index in [1.807, 2.05) is 0 Å².